The van der Waals surface area contributed by atoms with Gasteiger partial charge in [0.05, 0.1) is 0 Å². The molecule has 4 nitrogen and oxygen atoms in total. The zero-order chi connectivity index (χ0) is 37.8. The molecule has 0 spiro atoms. The first-order valence-corrected chi connectivity index (χ1v) is 19.6. The summed E-state index contributed by atoms with van der Waals surface area (Å²) in [6, 6.07) is 54.1. The minimum atomic E-state index is -0.183. The van der Waals surface area contributed by atoms with Crippen molar-refractivity contribution in [3.8, 4) is 67.5 Å². The fraction of sp³-hybridized carbons (Fsp3) is 0.135. The van der Waals surface area contributed by atoms with Crippen LogP contribution in [0.3, 0.4) is 0 Å². The van der Waals surface area contributed by atoms with Gasteiger partial charge in [0.25, 0.3) is 0 Å². The minimum Gasteiger partial charge on any atom is -0.456 e. The van der Waals surface area contributed by atoms with Crippen molar-refractivity contribution in [3.05, 3.63) is 174 Å². The predicted molar refractivity (Wildman–Crippen MR) is 229 cm³/mol. The van der Waals surface area contributed by atoms with E-state index in [9.17, 15) is 0 Å². The van der Waals surface area contributed by atoms with Crippen LogP contribution in [0.5, 0.6) is 0 Å². The van der Waals surface area contributed by atoms with E-state index in [1.807, 2.05) is 12.1 Å². The molecule has 0 amide bonds. The van der Waals surface area contributed by atoms with Crippen LogP contribution in [0.1, 0.15) is 56.4 Å². The summed E-state index contributed by atoms with van der Waals surface area (Å²) in [6.07, 6.45) is 0.960. The first-order chi connectivity index (χ1) is 27.3. The van der Waals surface area contributed by atoms with Crippen LogP contribution in [-0.4, -0.2) is 15.0 Å². The number of para-hydroxylation sites is 1. The summed E-state index contributed by atoms with van der Waals surface area (Å²) in [6.45, 7) is 9.30. The van der Waals surface area contributed by atoms with E-state index < -0.39 is 0 Å². The van der Waals surface area contributed by atoms with E-state index in [4.69, 9.17) is 19.4 Å². The molecule has 1 unspecified atom stereocenters. The number of hydrogen-bond donors (Lipinski definition) is 0. The fourth-order valence-corrected chi connectivity index (χ4v) is 9.58. The van der Waals surface area contributed by atoms with Crippen molar-refractivity contribution in [1.82, 2.24) is 15.0 Å². The van der Waals surface area contributed by atoms with Gasteiger partial charge in [-0.05, 0) is 92.4 Å². The van der Waals surface area contributed by atoms with E-state index in [0.717, 1.165) is 50.8 Å². The molecular weight excluding hydrogens is 683 g/mol. The first-order valence-electron chi connectivity index (χ1n) is 19.6. The third-order valence-electron chi connectivity index (χ3n) is 12.7. The first kappa shape index (κ1) is 32.8. The van der Waals surface area contributed by atoms with Gasteiger partial charge in [0.15, 0.2) is 17.5 Å². The fourth-order valence-electron chi connectivity index (χ4n) is 9.58. The Morgan fingerprint density at radius 3 is 1.88 bits per heavy atom. The lowest BCUT2D eigenvalue weighted by Crippen LogP contribution is -2.19. The van der Waals surface area contributed by atoms with Gasteiger partial charge < -0.3 is 4.42 Å². The molecule has 0 fully saturated rings. The molecule has 9 aromatic rings. The molecule has 0 aliphatic heterocycles. The van der Waals surface area contributed by atoms with E-state index in [-0.39, 0.29) is 10.8 Å². The monoisotopic (exact) mass is 721 g/mol. The maximum absolute atomic E-state index is 6.39. The predicted octanol–water partition coefficient (Wildman–Crippen LogP) is 13.4. The Balaban J connectivity index is 1.11. The van der Waals surface area contributed by atoms with Crippen molar-refractivity contribution in [1.29, 1.82) is 0 Å². The summed E-state index contributed by atoms with van der Waals surface area (Å²) in [5.74, 6) is 1.97. The van der Waals surface area contributed by atoms with Crippen molar-refractivity contribution < 1.29 is 4.42 Å². The lowest BCUT2D eigenvalue weighted by Gasteiger charge is -2.26. The maximum Gasteiger partial charge on any atom is 0.164 e. The smallest absolute Gasteiger partial charge is 0.164 e. The van der Waals surface area contributed by atoms with Crippen molar-refractivity contribution in [2.24, 2.45) is 0 Å². The van der Waals surface area contributed by atoms with Gasteiger partial charge in [-0.15, -0.1) is 0 Å². The Morgan fingerprint density at radius 1 is 0.446 bits per heavy atom. The Morgan fingerprint density at radius 2 is 1.07 bits per heavy atom. The molecule has 0 bridgehead atoms. The Kier molecular flexibility index (Phi) is 6.97. The second kappa shape index (κ2) is 11.9. The molecule has 1 atom stereocenters. The molecule has 2 aromatic heterocycles. The third kappa shape index (κ3) is 4.69. The van der Waals surface area contributed by atoms with Gasteiger partial charge in [0, 0.05) is 38.3 Å². The van der Waals surface area contributed by atoms with Crippen LogP contribution in [0.25, 0.3) is 89.5 Å². The van der Waals surface area contributed by atoms with Crippen LogP contribution in [-0.2, 0) is 10.8 Å². The molecule has 2 heterocycles. The molecule has 7 aromatic carbocycles. The van der Waals surface area contributed by atoms with E-state index in [1.165, 1.54) is 49.9 Å². The highest BCUT2D eigenvalue weighted by atomic mass is 16.3. The van der Waals surface area contributed by atoms with Crippen molar-refractivity contribution in [2.45, 2.75) is 44.9 Å². The highest BCUT2D eigenvalue weighted by Gasteiger charge is 2.41. The lowest BCUT2D eigenvalue weighted by atomic mass is 9.76. The number of nitrogens with zero attached hydrogens (tertiary/aromatic N) is 3. The largest absolute Gasteiger partial charge is 0.456 e. The molecule has 0 N–H and O–H groups in total. The molecule has 2 aliphatic carbocycles. The summed E-state index contributed by atoms with van der Waals surface area (Å²) in [5, 5.41) is 2.38. The van der Waals surface area contributed by atoms with Gasteiger partial charge >= 0.3 is 0 Å². The molecule has 268 valence electrons. The number of fused-ring (bicyclic) bond motifs is 10. The maximum atomic E-state index is 6.39. The van der Waals surface area contributed by atoms with Crippen molar-refractivity contribution in [2.75, 3.05) is 0 Å². The van der Waals surface area contributed by atoms with Gasteiger partial charge in [0.1, 0.15) is 11.2 Å². The van der Waals surface area contributed by atoms with E-state index >= 15 is 0 Å². The van der Waals surface area contributed by atoms with Gasteiger partial charge in [-0.25, -0.2) is 15.0 Å². The van der Waals surface area contributed by atoms with Crippen LogP contribution in [0.4, 0.5) is 0 Å². The van der Waals surface area contributed by atoms with Crippen LogP contribution in [0.2, 0.25) is 0 Å². The Hall–Kier alpha value is -6.65. The molecule has 11 rings (SSSR count). The Labute approximate surface area is 326 Å². The van der Waals surface area contributed by atoms with E-state index in [2.05, 4.69) is 167 Å². The lowest BCUT2D eigenvalue weighted by molar-refractivity contribution is 0.568. The standard InChI is InChI=1S/C52H39N3O/c1-5-52(4)42-26-23-34(29-40(42)38-25-27-45-46(47(38)52)39-19-10-12-21-44(39)56-45)49-53-48(33-17-13-16-32(28-33)31-14-7-6-8-15-31)54-50(55-49)35-22-24-37-36-18-9-11-20-41(36)51(2,3)43(37)30-35/h6-30H,5H2,1-4H3. The van der Waals surface area contributed by atoms with E-state index in [1.54, 1.807) is 0 Å². The van der Waals surface area contributed by atoms with Gasteiger partial charge in [-0.2, -0.15) is 0 Å². The molecule has 0 saturated carbocycles. The third-order valence-corrected chi connectivity index (χ3v) is 12.7. The van der Waals surface area contributed by atoms with Gasteiger partial charge in [-0.3, -0.25) is 0 Å². The quantitative estimate of drug-likeness (QED) is 0.178. The van der Waals surface area contributed by atoms with Crippen molar-refractivity contribution >= 4 is 21.9 Å². The summed E-state index contributed by atoms with van der Waals surface area (Å²) < 4.78 is 6.39. The summed E-state index contributed by atoms with van der Waals surface area (Å²) >= 11 is 0. The highest BCUT2D eigenvalue weighted by Crippen LogP contribution is 2.55. The van der Waals surface area contributed by atoms with E-state index in [0.29, 0.717) is 17.5 Å². The molecule has 0 radical (unpaired) electrons. The Bertz CT molecular complexity index is 3060. The van der Waals surface area contributed by atoms with Crippen LogP contribution >= 0.6 is 0 Å². The number of aromatic nitrogens is 3. The molecule has 0 saturated heterocycles. The number of rotatable bonds is 5. The zero-order valence-electron chi connectivity index (χ0n) is 31.9. The molecule has 4 heteroatoms. The second-order valence-electron chi connectivity index (χ2n) is 16.1. The topological polar surface area (TPSA) is 51.8 Å². The average Bonchev–Trinajstić information content (AvgIpc) is 3.84. The second-order valence-corrected chi connectivity index (χ2v) is 16.1. The number of hydrogen-bond acceptors (Lipinski definition) is 4. The highest BCUT2D eigenvalue weighted by molar-refractivity contribution is 6.11. The van der Waals surface area contributed by atoms with Crippen LogP contribution in [0.15, 0.2) is 156 Å². The number of benzene rings is 7. The summed E-state index contributed by atoms with van der Waals surface area (Å²) in [5.41, 5.74) is 17.0. The van der Waals surface area contributed by atoms with Crippen LogP contribution < -0.4 is 0 Å². The molecule has 2 aliphatic rings. The zero-order valence-corrected chi connectivity index (χ0v) is 31.9. The normalized spacial score (nSPS) is 16.1. The molecule has 56 heavy (non-hydrogen) atoms. The average molecular weight is 722 g/mol. The summed E-state index contributed by atoms with van der Waals surface area (Å²) in [7, 11) is 0. The van der Waals surface area contributed by atoms with Gasteiger partial charge in [-0.1, -0.05) is 149 Å². The SMILES string of the molecule is CCC1(C)c2ccc(-c3nc(-c4cccc(-c5ccccc5)c4)nc(-c4ccc5c(c4)C(C)(C)c4ccccc4-5)n3)cc2-c2ccc3oc4ccccc4c3c21. The van der Waals surface area contributed by atoms with Gasteiger partial charge in [0.2, 0.25) is 0 Å². The number of furan rings is 1. The van der Waals surface area contributed by atoms with Crippen molar-refractivity contribution in [3.63, 3.8) is 0 Å². The molecular formula is C52H39N3O. The summed E-state index contributed by atoms with van der Waals surface area (Å²) in [4.78, 5) is 15.8. The minimum absolute atomic E-state index is 0.143. The van der Waals surface area contributed by atoms with Crippen LogP contribution in [0, 0.1) is 0 Å².